The first-order valence-corrected chi connectivity index (χ1v) is 21.4. The monoisotopic (exact) mass is 633 g/mol. The Kier molecular flexibility index (Phi) is 28.7. The lowest BCUT2D eigenvalue weighted by molar-refractivity contribution is 0.511. The molecule has 2 rings (SSSR count). The third kappa shape index (κ3) is 24.8. The van der Waals surface area contributed by atoms with Gasteiger partial charge in [0.1, 0.15) is 0 Å². The van der Waals surface area contributed by atoms with Crippen molar-refractivity contribution in [2.75, 3.05) is 0 Å². The van der Waals surface area contributed by atoms with Gasteiger partial charge < -0.3 is 0 Å². The van der Waals surface area contributed by atoms with E-state index in [2.05, 4.69) is 49.4 Å². The third-order valence-electron chi connectivity index (χ3n) is 10.6. The summed E-state index contributed by atoms with van der Waals surface area (Å²) in [7, 11) is 0. The second-order valence-electron chi connectivity index (χ2n) is 15.1. The molecule has 0 atom stereocenters. The normalized spacial score (nSPS) is 11.6. The van der Waals surface area contributed by atoms with Crippen molar-refractivity contribution >= 4 is 10.8 Å². The van der Waals surface area contributed by atoms with Crippen LogP contribution in [0.3, 0.4) is 0 Å². The smallest absolute Gasteiger partial charge is 0.0181 e. The molecule has 0 saturated carbocycles. The molecule has 0 aromatic heterocycles. The Bertz CT molecular complexity index is 880. The summed E-state index contributed by atoms with van der Waals surface area (Å²) in [5, 5.41) is 2.75. The van der Waals surface area contributed by atoms with Gasteiger partial charge in [0.15, 0.2) is 0 Å². The molecule has 264 valence electrons. The van der Waals surface area contributed by atoms with Crippen LogP contribution in [0.15, 0.2) is 42.5 Å². The highest BCUT2D eigenvalue weighted by Gasteiger charge is 1.99. The summed E-state index contributed by atoms with van der Waals surface area (Å²) in [5.74, 6) is 0. The highest BCUT2D eigenvalue weighted by Crippen LogP contribution is 2.19. The summed E-state index contributed by atoms with van der Waals surface area (Å²) < 4.78 is 0. The maximum absolute atomic E-state index is 2.39. The highest BCUT2D eigenvalue weighted by atomic mass is 14.1. The van der Waals surface area contributed by atoms with Gasteiger partial charge in [0.2, 0.25) is 0 Å². The number of fused-ring (bicyclic) bond motifs is 1. The molecule has 0 heterocycles. The van der Waals surface area contributed by atoms with Crippen molar-refractivity contribution < 1.29 is 0 Å². The van der Waals surface area contributed by atoms with E-state index in [4.69, 9.17) is 0 Å². The largest absolute Gasteiger partial charge is 0.0654 e. The van der Waals surface area contributed by atoms with Gasteiger partial charge in [0.25, 0.3) is 0 Å². The van der Waals surface area contributed by atoms with Crippen LogP contribution in [0.5, 0.6) is 0 Å². The van der Waals surface area contributed by atoms with Crippen LogP contribution in [0, 0.1) is 0 Å². The molecule has 0 nitrogen and oxygen atoms in total. The van der Waals surface area contributed by atoms with E-state index in [1.807, 2.05) is 0 Å². The zero-order valence-electron chi connectivity index (χ0n) is 31.3. The summed E-state index contributed by atoms with van der Waals surface area (Å²) in [6.07, 6.45) is 51.2. The number of unbranched alkanes of at least 4 members (excludes halogenated alkanes) is 33. The summed E-state index contributed by atoms with van der Waals surface area (Å²) in [6, 6.07) is 15.7. The molecular formula is C46H80. The molecule has 0 unspecified atom stereocenters. The third-order valence-corrected chi connectivity index (χ3v) is 10.6. The van der Waals surface area contributed by atoms with Gasteiger partial charge in [-0.15, -0.1) is 0 Å². The van der Waals surface area contributed by atoms with E-state index in [1.165, 1.54) is 241 Å². The lowest BCUT2D eigenvalue weighted by atomic mass is 10.0. The quantitative estimate of drug-likeness (QED) is 0.0663. The number of hydrogen-bond acceptors (Lipinski definition) is 0. The van der Waals surface area contributed by atoms with Gasteiger partial charge >= 0.3 is 0 Å². The van der Waals surface area contributed by atoms with Crippen LogP contribution in [0.2, 0.25) is 0 Å². The Hall–Kier alpha value is -1.30. The zero-order chi connectivity index (χ0) is 32.4. The van der Waals surface area contributed by atoms with Crippen molar-refractivity contribution in [3.05, 3.63) is 48.0 Å². The first-order chi connectivity index (χ1) is 22.9. The molecule has 2 aromatic carbocycles. The molecule has 0 saturated heterocycles. The van der Waals surface area contributed by atoms with E-state index in [-0.39, 0.29) is 0 Å². The summed E-state index contributed by atoms with van der Waals surface area (Å²) in [5.41, 5.74) is 1.51. The van der Waals surface area contributed by atoms with Crippen LogP contribution in [-0.4, -0.2) is 0 Å². The fraction of sp³-hybridized carbons (Fsp3) is 0.783. The standard InChI is InChI=1S/C46H80/c1-2-3-4-5-6-7-8-9-10-11-12-13-14-15-16-17-18-19-20-21-22-23-24-25-26-27-28-29-30-31-32-33-34-35-38-44-41-42-45-39-36-37-40-46(45)43-44/h36-37,39-43H,2-35,38H2,1H3. The molecule has 0 N–H and O–H groups in total. The fourth-order valence-electron chi connectivity index (χ4n) is 7.45. The molecule has 0 bridgehead atoms. The van der Waals surface area contributed by atoms with Crippen LogP contribution in [0.4, 0.5) is 0 Å². The van der Waals surface area contributed by atoms with Crippen molar-refractivity contribution in [1.82, 2.24) is 0 Å². The van der Waals surface area contributed by atoms with E-state index in [9.17, 15) is 0 Å². The first-order valence-electron chi connectivity index (χ1n) is 21.4. The average molecular weight is 633 g/mol. The SMILES string of the molecule is CCCCCCCCCCCCCCCCCCCCCCCCCCCCCCCCCCCCc1ccc2ccccc2c1. The van der Waals surface area contributed by atoms with Gasteiger partial charge in [0, 0.05) is 0 Å². The summed E-state index contributed by atoms with van der Waals surface area (Å²) in [4.78, 5) is 0. The second kappa shape index (κ2) is 32.3. The minimum atomic E-state index is 1.24. The van der Waals surface area contributed by atoms with E-state index in [0.717, 1.165) is 0 Å². The van der Waals surface area contributed by atoms with Crippen LogP contribution < -0.4 is 0 Å². The van der Waals surface area contributed by atoms with Gasteiger partial charge in [0.05, 0.1) is 0 Å². The molecule has 2 aromatic rings. The predicted molar refractivity (Wildman–Crippen MR) is 210 cm³/mol. The molecule has 46 heavy (non-hydrogen) atoms. The molecular weight excluding hydrogens is 553 g/mol. The summed E-state index contributed by atoms with van der Waals surface area (Å²) >= 11 is 0. The fourth-order valence-corrected chi connectivity index (χ4v) is 7.45. The molecule has 0 aliphatic carbocycles. The lowest BCUT2D eigenvalue weighted by Crippen LogP contribution is -1.87. The number of benzene rings is 2. The molecule has 0 heteroatoms. The maximum atomic E-state index is 2.39. The predicted octanol–water partition coefficient (Wildman–Crippen LogP) is 16.7. The van der Waals surface area contributed by atoms with Crippen LogP contribution in [0.1, 0.15) is 231 Å². The maximum Gasteiger partial charge on any atom is -0.0181 e. The Labute approximate surface area is 289 Å². The zero-order valence-corrected chi connectivity index (χ0v) is 31.3. The van der Waals surface area contributed by atoms with Gasteiger partial charge in [-0.2, -0.15) is 0 Å². The minimum absolute atomic E-state index is 1.24. The Morgan fingerprint density at radius 1 is 0.283 bits per heavy atom. The van der Waals surface area contributed by atoms with Crippen molar-refractivity contribution in [3.8, 4) is 0 Å². The number of rotatable bonds is 35. The Morgan fingerprint density at radius 2 is 0.565 bits per heavy atom. The van der Waals surface area contributed by atoms with Gasteiger partial charge in [-0.3, -0.25) is 0 Å². The number of aryl methyl sites for hydroxylation is 1. The molecule has 0 aliphatic rings. The van der Waals surface area contributed by atoms with E-state index in [0.29, 0.717) is 0 Å². The van der Waals surface area contributed by atoms with Crippen LogP contribution >= 0.6 is 0 Å². The van der Waals surface area contributed by atoms with Crippen LogP contribution in [-0.2, 0) is 6.42 Å². The highest BCUT2D eigenvalue weighted by molar-refractivity contribution is 5.82. The van der Waals surface area contributed by atoms with Gasteiger partial charge in [-0.05, 0) is 29.2 Å². The van der Waals surface area contributed by atoms with E-state index >= 15 is 0 Å². The van der Waals surface area contributed by atoms with Crippen molar-refractivity contribution in [1.29, 1.82) is 0 Å². The van der Waals surface area contributed by atoms with Crippen LogP contribution in [0.25, 0.3) is 10.8 Å². The lowest BCUT2D eigenvalue weighted by Gasteiger charge is -2.05. The minimum Gasteiger partial charge on any atom is -0.0654 e. The second-order valence-corrected chi connectivity index (χ2v) is 15.1. The van der Waals surface area contributed by atoms with Crippen molar-refractivity contribution in [3.63, 3.8) is 0 Å². The molecule has 0 aliphatic heterocycles. The van der Waals surface area contributed by atoms with E-state index < -0.39 is 0 Å². The number of hydrogen-bond donors (Lipinski definition) is 0. The summed E-state index contributed by atoms with van der Waals surface area (Å²) in [6.45, 7) is 2.31. The molecule has 0 amide bonds. The Balaban J connectivity index is 1.17. The van der Waals surface area contributed by atoms with E-state index in [1.54, 1.807) is 0 Å². The van der Waals surface area contributed by atoms with Gasteiger partial charge in [-0.1, -0.05) is 261 Å². The molecule has 0 fully saturated rings. The first kappa shape index (κ1) is 40.9. The van der Waals surface area contributed by atoms with Crippen molar-refractivity contribution in [2.45, 2.75) is 232 Å². The molecule has 0 spiro atoms. The van der Waals surface area contributed by atoms with Crippen molar-refractivity contribution in [2.24, 2.45) is 0 Å². The molecule has 0 radical (unpaired) electrons. The topological polar surface area (TPSA) is 0 Å². The van der Waals surface area contributed by atoms with Gasteiger partial charge in [-0.25, -0.2) is 0 Å². The average Bonchev–Trinajstić information content (AvgIpc) is 3.08. The Morgan fingerprint density at radius 3 is 0.891 bits per heavy atom.